The number of ether oxygens (including phenoxy) is 1. The first-order valence-electron chi connectivity index (χ1n) is 8.78. The highest BCUT2D eigenvalue weighted by molar-refractivity contribution is 5.59. The lowest BCUT2D eigenvalue weighted by atomic mass is 10.1. The normalized spacial score (nSPS) is 17.5. The van der Waals surface area contributed by atoms with E-state index in [0.29, 0.717) is 6.04 Å². The van der Waals surface area contributed by atoms with Crippen molar-refractivity contribution in [3.8, 4) is 5.75 Å². The van der Waals surface area contributed by atoms with Gasteiger partial charge in [0.25, 0.3) is 0 Å². The number of aryl methyl sites for hydroxylation is 2. The van der Waals surface area contributed by atoms with E-state index < -0.39 is 0 Å². The molecule has 0 bridgehead atoms. The summed E-state index contributed by atoms with van der Waals surface area (Å²) in [6.07, 6.45) is 1.15. The number of anilines is 1. The van der Waals surface area contributed by atoms with Gasteiger partial charge in [0.1, 0.15) is 5.75 Å². The van der Waals surface area contributed by atoms with E-state index in [9.17, 15) is 0 Å². The summed E-state index contributed by atoms with van der Waals surface area (Å²) in [6.45, 7) is 10.3. The molecule has 24 heavy (non-hydrogen) atoms. The molecule has 0 amide bonds. The molecule has 1 saturated heterocycles. The number of rotatable bonds is 6. The Morgan fingerprint density at radius 2 is 2.08 bits per heavy atom. The Hall–Kier alpha value is -2.01. The number of nitrogens with one attached hydrogen (secondary N) is 1. The monoisotopic (exact) mass is 328 g/mol. The van der Waals surface area contributed by atoms with Gasteiger partial charge in [0.2, 0.25) is 0 Å². The molecule has 2 aromatic rings. The fraction of sp³-hybridized carbons (Fsp3) is 0.526. The van der Waals surface area contributed by atoms with E-state index in [1.165, 1.54) is 16.9 Å². The third-order valence-corrected chi connectivity index (χ3v) is 5.01. The lowest BCUT2D eigenvalue weighted by Crippen LogP contribution is -2.32. The van der Waals surface area contributed by atoms with E-state index in [1.54, 1.807) is 7.11 Å². The Morgan fingerprint density at radius 3 is 2.79 bits per heavy atom. The number of hydrogen-bond acceptors (Lipinski definition) is 4. The highest BCUT2D eigenvalue weighted by atomic mass is 16.5. The van der Waals surface area contributed by atoms with Crippen LogP contribution in [0.3, 0.4) is 0 Å². The molecule has 1 N–H and O–H groups in total. The third-order valence-electron chi connectivity index (χ3n) is 5.01. The average molecular weight is 328 g/mol. The quantitative estimate of drug-likeness (QED) is 0.885. The summed E-state index contributed by atoms with van der Waals surface area (Å²) in [5, 5.41) is 8.33. The highest BCUT2D eigenvalue weighted by Gasteiger charge is 2.24. The molecule has 130 valence electrons. The van der Waals surface area contributed by atoms with E-state index in [1.807, 2.05) is 12.1 Å². The van der Waals surface area contributed by atoms with Gasteiger partial charge in [0.05, 0.1) is 18.5 Å². The van der Waals surface area contributed by atoms with Gasteiger partial charge in [0.15, 0.2) is 0 Å². The maximum Gasteiger partial charge on any atom is 0.142 e. The van der Waals surface area contributed by atoms with E-state index in [2.05, 4.69) is 52.9 Å². The van der Waals surface area contributed by atoms with Crippen molar-refractivity contribution in [3.63, 3.8) is 0 Å². The van der Waals surface area contributed by atoms with Crippen LogP contribution in [0.1, 0.15) is 30.3 Å². The molecule has 1 atom stereocenters. The zero-order chi connectivity index (χ0) is 17.1. The Labute approximate surface area is 144 Å². The summed E-state index contributed by atoms with van der Waals surface area (Å²) in [7, 11) is 1.74. The molecule has 0 radical (unpaired) electrons. The molecular formula is C19H28N4O. The second kappa shape index (κ2) is 7.26. The van der Waals surface area contributed by atoms with Gasteiger partial charge in [-0.25, -0.2) is 0 Å². The zero-order valence-corrected chi connectivity index (χ0v) is 15.2. The fourth-order valence-electron chi connectivity index (χ4n) is 3.58. The SMILES string of the molecule is CCn1nc(C)c(CN[C@@H]2CCN(c3ccccc3OC)C2)c1C. The van der Waals surface area contributed by atoms with Gasteiger partial charge in [-0.3, -0.25) is 4.68 Å². The van der Waals surface area contributed by atoms with E-state index in [-0.39, 0.29) is 0 Å². The van der Waals surface area contributed by atoms with Gasteiger partial charge >= 0.3 is 0 Å². The predicted octanol–water partition coefficient (Wildman–Crippen LogP) is 2.90. The Morgan fingerprint density at radius 1 is 1.29 bits per heavy atom. The largest absolute Gasteiger partial charge is 0.495 e. The van der Waals surface area contributed by atoms with Crippen molar-refractivity contribution in [1.29, 1.82) is 0 Å². The standard InChI is InChI=1S/C19H28N4O/c1-5-23-15(3)17(14(2)21-23)12-20-16-10-11-22(13-16)18-8-6-7-9-19(18)24-4/h6-9,16,20H,5,10-13H2,1-4H3/t16-/m1/s1. The lowest BCUT2D eigenvalue weighted by molar-refractivity contribution is 0.414. The minimum absolute atomic E-state index is 0.499. The van der Waals surface area contributed by atoms with Gasteiger partial charge < -0.3 is 15.0 Å². The summed E-state index contributed by atoms with van der Waals surface area (Å²) in [6, 6.07) is 8.76. The van der Waals surface area contributed by atoms with Gasteiger partial charge in [-0.15, -0.1) is 0 Å². The molecule has 2 heterocycles. The van der Waals surface area contributed by atoms with Crippen LogP contribution in [-0.2, 0) is 13.1 Å². The van der Waals surface area contributed by atoms with Crippen molar-refractivity contribution < 1.29 is 4.74 Å². The zero-order valence-electron chi connectivity index (χ0n) is 15.2. The second-order valence-corrected chi connectivity index (χ2v) is 6.45. The molecule has 1 aliphatic rings. The molecule has 0 aliphatic carbocycles. The van der Waals surface area contributed by atoms with Crippen LogP contribution in [0.25, 0.3) is 0 Å². The number of hydrogen-bond donors (Lipinski definition) is 1. The first-order valence-corrected chi connectivity index (χ1v) is 8.78. The smallest absolute Gasteiger partial charge is 0.142 e. The summed E-state index contributed by atoms with van der Waals surface area (Å²) < 4.78 is 7.58. The van der Waals surface area contributed by atoms with E-state index in [4.69, 9.17) is 4.74 Å². The van der Waals surface area contributed by atoms with Crippen molar-refractivity contribution in [1.82, 2.24) is 15.1 Å². The summed E-state index contributed by atoms with van der Waals surface area (Å²) in [5.41, 5.74) is 4.95. The van der Waals surface area contributed by atoms with Crippen LogP contribution in [0.4, 0.5) is 5.69 Å². The predicted molar refractivity (Wildman–Crippen MR) is 97.8 cm³/mol. The van der Waals surface area contributed by atoms with Crippen LogP contribution < -0.4 is 15.0 Å². The Bertz CT molecular complexity index is 695. The van der Waals surface area contributed by atoms with Crippen LogP contribution in [0, 0.1) is 13.8 Å². The molecule has 5 heteroatoms. The third kappa shape index (κ3) is 3.26. The molecule has 5 nitrogen and oxygen atoms in total. The number of para-hydroxylation sites is 2. The Balaban J connectivity index is 1.62. The fourth-order valence-corrected chi connectivity index (χ4v) is 3.58. The first-order chi connectivity index (χ1) is 11.6. The highest BCUT2D eigenvalue weighted by Crippen LogP contribution is 2.30. The molecule has 1 aromatic heterocycles. The van der Waals surface area contributed by atoms with Gasteiger partial charge in [-0.2, -0.15) is 5.10 Å². The number of methoxy groups -OCH3 is 1. The van der Waals surface area contributed by atoms with Crippen molar-refractivity contribution in [2.45, 2.75) is 46.3 Å². The number of benzene rings is 1. The van der Waals surface area contributed by atoms with E-state index in [0.717, 1.165) is 44.0 Å². The summed E-state index contributed by atoms with van der Waals surface area (Å²) >= 11 is 0. The maximum absolute atomic E-state index is 5.50. The molecule has 0 saturated carbocycles. The van der Waals surface area contributed by atoms with Gasteiger partial charge in [-0.05, 0) is 39.3 Å². The summed E-state index contributed by atoms with van der Waals surface area (Å²) in [4.78, 5) is 2.41. The van der Waals surface area contributed by atoms with Crippen molar-refractivity contribution in [3.05, 3.63) is 41.2 Å². The molecule has 0 unspecified atom stereocenters. The molecule has 1 fully saturated rings. The van der Waals surface area contributed by atoms with Crippen molar-refractivity contribution >= 4 is 5.69 Å². The van der Waals surface area contributed by atoms with Crippen LogP contribution >= 0.6 is 0 Å². The van der Waals surface area contributed by atoms with Crippen molar-refractivity contribution in [2.24, 2.45) is 0 Å². The topological polar surface area (TPSA) is 42.3 Å². The lowest BCUT2D eigenvalue weighted by Gasteiger charge is -2.21. The van der Waals surface area contributed by atoms with Crippen molar-refractivity contribution in [2.75, 3.05) is 25.1 Å². The van der Waals surface area contributed by atoms with E-state index >= 15 is 0 Å². The second-order valence-electron chi connectivity index (χ2n) is 6.45. The minimum atomic E-state index is 0.499. The van der Waals surface area contributed by atoms with Crippen LogP contribution in [0.2, 0.25) is 0 Å². The first kappa shape index (κ1) is 16.8. The molecular weight excluding hydrogens is 300 g/mol. The maximum atomic E-state index is 5.50. The van der Waals surface area contributed by atoms with Crippen LogP contribution in [0.5, 0.6) is 5.75 Å². The molecule has 3 rings (SSSR count). The number of aromatic nitrogens is 2. The van der Waals surface area contributed by atoms with Gasteiger partial charge in [0, 0.05) is 43.5 Å². The molecule has 0 spiro atoms. The minimum Gasteiger partial charge on any atom is -0.495 e. The average Bonchev–Trinajstić information content (AvgIpc) is 3.18. The molecule has 1 aromatic carbocycles. The van der Waals surface area contributed by atoms with Crippen LogP contribution in [0.15, 0.2) is 24.3 Å². The van der Waals surface area contributed by atoms with Crippen LogP contribution in [-0.4, -0.2) is 36.0 Å². The van der Waals surface area contributed by atoms with Gasteiger partial charge in [-0.1, -0.05) is 12.1 Å². The Kier molecular flexibility index (Phi) is 5.09. The summed E-state index contributed by atoms with van der Waals surface area (Å²) in [5.74, 6) is 0.953. The number of nitrogens with zero attached hydrogens (tertiary/aromatic N) is 3. The molecule has 1 aliphatic heterocycles.